The van der Waals surface area contributed by atoms with Crippen LogP contribution >= 0.6 is 0 Å². The van der Waals surface area contributed by atoms with E-state index in [0.717, 1.165) is 0 Å². The van der Waals surface area contributed by atoms with Crippen LogP contribution in [0.2, 0.25) is 0 Å². The number of hydrogen-bond acceptors (Lipinski definition) is 3. The van der Waals surface area contributed by atoms with Gasteiger partial charge >= 0.3 is 0 Å². The van der Waals surface area contributed by atoms with Gasteiger partial charge < -0.3 is 9.55 Å². The van der Waals surface area contributed by atoms with Gasteiger partial charge in [-0.2, -0.15) is 5.26 Å². The van der Waals surface area contributed by atoms with Gasteiger partial charge in [-0.1, -0.05) is 6.08 Å². The lowest BCUT2D eigenvalue weighted by molar-refractivity contribution is 0.789. The number of pyridine rings is 2. The van der Waals surface area contributed by atoms with E-state index in [0.29, 0.717) is 17.4 Å². The van der Waals surface area contributed by atoms with Crippen LogP contribution in [0.1, 0.15) is 5.56 Å². The molecule has 0 aliphatic carbocycles. The summed E-state index contributed by atoms with van der Waals surface area (Å²) in [6.45, 7) is 3.94. The summed E-state index contributed by atoms with van der Waals surface area (Å²) in [5.74, 6) is 0. The Balaban J connectivity index is 2.86. The van der Waals surface area contributed by atoms with Gasteiger partial charge in [0, 0.05) is 12.7 Å². The quantitative estimate of drug-likeness (QED) is 0.769. The normalized spacial score (nSPS) is 10.1. The second-order valence-corrected chi connectivity index (χ2v) is 3.51. The van der Waals surface area contributed by atoms with Gasteiger partial charge in [-0.3, -0.25) is 9.59 Å². The molecule has 0 saturated carbocycles. The van der Waals surface area contributed by atoms with E-state index in [-0.39, 0.29) is 11.1 Å². The summed E-state index contributed by atoms with van der Waals surface area (Å²) in [4.78, 5) is 25.9. The maximum atomic E-state index is 12.0. The summed E-state index contributed by atoms with van der Waals surface area (Å²) in [7, 11) is 0. The van der Waals surface area contributed by atoms with Crippen molar-refractivity contribution >= 4 is 10.9 Å². The zero-order valence-electron chi connectivity index (χ0n) is 8.93. The molecular formula is C12H9N3O2. The Hall–Kier alpha value is -2.61. The Morgan fingerprint density at radius 2 is 2.29 bits per heavy atom. The van der Waals surface area contributed by atoms with E-state index in [1.807, 2.05) is 0 Å². The van der Waals surface area contributed by atoms with Gasteiger partial charge in [-0.25, -0.2) is 0 Å². The fraction of sp³-hybridized carbons (Fsp3) is 0.0833. The number of nitriles is 1. The van der Waals surface area contributed by atoms with Gasteiger partial charge in [0.2, 0.25) is 0 Å². The Labute approximate surface area is 96.2 Å². The van der Waals surface area contributed by atoms with E-state index in [1.165, 1.54) is 10.6 Å². The van der Waals surface area contributed by atoms with Gasteiger partial charge in [0.15, 0.2) is 0 Å². The van der Waals surface area contributed by atoms with Gasteiger partial charge in [-0.05, 0) is 12.1 Å². The molecule has 0 aliphatic heterocycles. The first-order valence-electron chi connectivity index (χ1n) is 4.95. The standard InChI is InChI=1S/C12H9N3O2/c1-2-4-15-5-3-10-9(12(15)17)6-8(7-13)11(16)14-10/h2-3,5-6H,1,4H2,(H,14,16). The van der Waals surface area contributed by atoms with Crippen molar-refractivity contribution in [3.63, 3.8) is 0 Å². The highest BCUT2D eigenvalue weighted by Gasteiger charge is 2.06. The maximum Gasteiger partial charge on any atom is 0.266 e. The minimum absolute atomic E-state index is 0.0639. The highest BCUT2D eigenvalue weighted by atomic mass is 16.1. The van der Waals surface area contributed by atoms with Crippen LogP contribution in [0, 0.1) is 11.3 Å². The molecule has 0 spiro atoms. The van der Waals surface area contributed by atoms with E-state index in [9.17, 15) is 9.59 Å². The fourth-order valence-corrected chi connectivity index (χ4v) is 1.61. The third-order valence-electron chi connectivity index (χ3n) is 2.43. The predicted molar refractivity (Wildman–Crippen MR) is 63.7 cm³/mol. The van der Waals surface area contributed by atoms with Crippen LogP contribution in [0.3, 0.4) is 0 Å². The largest absolute Gasteiger partial charge is 0.321 e. The molecule has 2 aromatic rings. The highest BCUT2D eigenvalue weighted by Crippen LogP contribution is 2.05. The third kappa shape index (κ3) is 1.76. The van der Waals surface area contributed by atoms with E-state index < -0.39 is 5.56 Å². The zero-order chi connectivity index (χ0) is 12.4. The SMILES string of the molecule is C=CCn1ccc2[nH]c(=O)c(C#N)cc2c1=O. The second kappa shape index (κ2) is 4.10. The lowest BCUT2D eigenvalue weighted by atomic mass is 10.2. The number of rotatable bonds is 2. The van der Waals surface area contributed by atoms with Gasteiger partial charge in [-0.15, -0.1) is 6.58 Å². The number of allylic oxidation sites excluding steroid dienone is 1. The molecule has 0 saturated heterocycles. The Morgan fingerprint density at radius 3 is 2.94 bits per heavy atom. The van der Waals surface area contributed by atoms with Crippen LogP contribution in [0.25, 0.3) is 10.9 Å². The molecular weight excluding hydrogens is 218 g/mol. The van der Waals surface area contributed by atoms with Gasteiger partial charge in [0.25, 0.3) is 11.1 Å². The molecule has 17 heavy (non-hydrogen) atoms. The van der Waals surface area contributed by atoms with Crippen molar-refractivity contribution in [2.75, 3.05) is 0 Å². The molecule has 2 heterocycles. The topological polar surface area (TPSA) is 78.7 Å². The van der Waals surface area contributed by atoms with Crippen LogP contribution in [0.4, 0.5) is 0 Å². The average molecular weight is 227 g/mol. The first-order chi connectivity index (χ1) is 8.17. The molecule has 5 heteroatoms. The molecule has 0 fully saturated rings. The van der Waals surface area contributed by atoms with Crippen molar-refractivity contribution < 1.29 is 0 Å². The van der Waals surface area contributed by atoms with E-state index >= 15 is 0 Å². The molecule has 2 rings (SSSR count). The smallest absolute Gasteiger partial charge is 0.266 e. The van der Waals surface area contributed by atoms with Crippen LogP contribution < -0.4 is 11.1 Å². The molecule has 84 valence electrons. The highest BCUT2D eigenvalue weighted by molar-refractivity contribution is 5.78. The molecule has 0 aromatic carbocycles. The third-order valence-corrected chi connectivity index (χ3v) is 2.43. The summed E-state index contributed by atoms with van der Waals surface area (Å²) in [5.41, 5.74) is -0.374. The monoisotopic (exact) mass is 227 g/mol. The molecule has 0 radical (unpaired) electrons. The lowest BCUT2D eigenvalue weighted by Gasteiger charge is -2.03. The number of nitrogens with one attached hydrogen (secondary N) is 1. The molecule has 2 aromatic heterocycles. The summed E-state index contributed by atoms with van der Waals surface area (Å²) >= 11 is 0. The molecule has 0 bridgehead atoms. The van der Waals surface area contributed by atoms with Gasteiger partial charge in [0.1, 0.15) is 11.6 Å². The molecule has 0 atom stereocenters. The first-order valence-corrected chi connectivity index (χ1v) is 4.95. The molecule has 1 N–H and O–H groups in total. The van der Waals surface area contributed by atoms with Crippen molar-refractivity contribution in [1.82, 2.24) is 9.55 Å². The number of fused-ring (bicyclic) bond motifs is 1. The average Bonchev–Trinajstić information content (AvgIpc) is 2.32. The van der Waals surface area contributed by atoms with Crippen molar-refractivity contribution in [1.29, 1.82) is 5.26 Å². The number of aromatic amines is 1. The first kappa shape index (κ1) is 10.9. The minimum atomic E-state index is -0.485. The van der Waals surface area contributed by atoms with Crippen LogP contribution in [-0.2, 0) is 6.54 Å². The summed E-state index contributed by atoms with van der Waals surface area (Å²) in [6, 6.07) is 4.70. The predicted octanol–water partition coefficient (Wildman–Crippen LogP) is 0.747. The molecule has 5 nitrogen and oxygen atoms in total. The summed E-state index contributed by atoms with van der Waals surface area (Å²) < 4.78 is 1.45. The Morgan fingerprint density at radius 1 is 1.53 bits per heavy atom. The van der Waals surface area contributed by atoms with Crippen molar-refractivity contribution in [3.05, 3.63) is 57.3 Å². The lowest BCUT2D eigenvalue weighted by Crippen LogP contribution is -2.21. The zero-order valence-corrected chi connectivity index (χ0v) is 8.93. The van der Waals surface area contributed by atoms with Crippen molar-refractivity contribution in [3.8, 4) is 6.07 Å². The summed E-state index contributed by atoms with van der Waals surface area (Å²) in [5, 5.41) is 9.07. The van der Waals surface area contributed by atoms with Crippen LogP contribution in [0.5, 0.6) is 0 Å². The second-order valence-electron chi connectivity index (χ2n) is 3.51. The van der Waals surface area contributed by atoms with E-state index in [1.54, 1.807) is 24.4 Å². The number of H-pyrrole nitrogens is 1. The number of nitrogens with zero attached hydrogens (tertiary/aromatic N) is 2. The van der Waals surface area contributed by atoms with Crippen molar-refractivity contribution in [2.45, 2.75) is 6.54 Å². The molecule has 0 unspecified atom stereocenters. The summed E-state index contributed by atoms with van der Waals surface area (Å²) in [6.07, 6.45) is 3.18. The molecule has 0 aliphatic rings. The maximum absolute atomic E-state index is 12.0. The minimum Gasteiger partial charge on any atom is -0.321 e. The van der Waals surface area contributed by atoms with Gasteiger partial charge in [0.05, 0.1) is 10.9 Å². The van der Waals surface area contributed by atoms with E-state index in [2.05, 4.69) is 11.6 Å². The Kier molecular flexibility index (Phi) is 2.63. The number of aromatic nitrogens is 2. The van der Waals surface area contributed by atoms with E-state index in [4.69, 9.17) is 5.26 Å². The Bertz CT molecular complexity index is 747. The van der Waals surface area contributed by atoms with Crippen LogP contribution in [0.15, 0.2) is 40.6 Å². The molecule has 0 amide bonds. The van der Waals surface area contributed by atoms with Crippen LogP contribution in [-0.4, -0.2) is 9.55 Å². The van der Waals surface area contributed by atoms with Crippen molar-refractivity contribution in [2.24, 2.45) is 0 Å². The number of hydrogen-bond donors (Lipinski definition) is 1. The fourth-order valence-electron chi connectivity index (χ4n) is 1.61.